The molecule has 1 nitrogen and oxygen atoms in total. The van der Waals surface area contributed by atoms with Crippen molar-refractivity contribution in [3.05, 3.63) is 32.4 Å². The van der Waals surface area contributed by atoms with Crippen LogP contribution in [0, 0.1) is 17.4 Å². The number of halogens is 1. The molecule has 0 amide bonds. The van der Waals surface area contributed by atoms with Crippen LogP contribution in [-0.2, 0) is 11.3 Å². The van der Waals surface area contributed by atoms with Gasteiger partial charge in [0.1, 0.15) is 0 Å². The molecule has 0 radical (unpaired) electrons. The lowest BCUT2D eigenvalue weighted by molar-refractivity contribution is 0.184. The van der Waals surface area contributed by atoms with Gasteiger partial charge in [0, 0.05) is 10.7 Å². The molecule has 0 fully saturated rings. The molecule has 0 atom stereocenters. The lowest BCUT2D eigenvalue weighted by Gasteiger charge is -2.08. The highest BCUT2D eigenvalue weighted by Gasteiger charge is 2.02. The van der Waals surface area contributed by atoms with E-state index >= 15 is 0 Å². The van der Waals surface area contributed by atoms with E-state index in [4.69, 9.17) is 4.74 Å². The fourth-order valence-electron chi connectivity index (χ4n) is 1.31. The van der Waals surface area contributed by atoms with E-state index in [1.165, 1.54) is 20.3 Å². The summed E-state index contributed by atoms with van der Waals surface area (Å²) >= 11 is 2.34. The van der Waals surface area contributed by atoms with E-state index in [1.807, 2.05) is 0 Å². The molecule has 0 saturated heterocycles. The highest BCUT2D eigenvalue weighted by Crippen LogP contribution is 2.18. The van der Waals surface area contributed by atoms with Gasteiger partial charge in [0.05, 0.1) is 6.61 Å². The highest BCUT2D eigenvalue weighted by atomic mass is 127. The van der Waals surface area contributed by atoms with Crippen molar-refractivity contribution in [2.24, 2.45) is 0 Å². The zero-order valence-electron chi connectivity index (χ0n) is 7.65. The summed E-state index contributed by atoms with van der Waals surface area (Å²) in [5, 5.41) is 0. The predicted molar refractivity (Wildman–Crippen MR) is 59.3 cm³/mol. The largest absolute Gasteiger partial charge is 0.380 e. The van der Waals surface area contributed by atoms with Crippen molar-refractivity contribution in [1.82, 2.24) is 0 Å². The molecule has 0 heterocycles. The lowest BCUT2D eigenvalue weighted by Crippen LogP contribution is -1.96. The second-order valence-corrected chi connectivity index (χ2v) is 4.20. The maximum absolute atomic E-state index is 5.13. The third-order valence-electron chi connectivity index (χ3n) is 1.95. The molecule has 0 unspecified atom stereocenters. The molecule has 12 heavy (non-hydrogen) atoms. The zero-order chi connectivity index (χ0) is 9.14. The first kappa shape index (κ1) is 9.99. The van der Waals surface area contributed by atoms with Crippen LogP contribution in [0.15, 0.2) is 12.1 Å². The number of rotatable bonds is 2. The van der Waals surface area contributed by atoms with E-state index in [2.05, 4.69) is 48.6 Å². The standard InChI is InChI=1S/C10H13IO/c1-7-4-9(11)5-8(2)10(7)6-12-3/h4-5H,6H2,1-3H3. The molecule has 1 rings (SSSR count). The van der Waals surface area contributed by atoms with Gasteiger partial charge in [-0.1, -0.05) is 0 Å². The molecule has 0 aliphatic carbocycles. The van der Waals surface area contributed by atoms with Crippen molar-refractivity contribution in [3.63, 3.8) is 0 Å². The minimum atomic E-state index is 0.717. The Morgan fingerprint density at radius 2 is 1.75 bits per heavy atom. The van der Waals surface area contributed by atoms with Gasteiger partial charge in [-0.25, -0.2) is 0 Å². The third kappa shape index (κ3) is 2.20. The molecular formula is C10H13IO. The summed E-state index contributed by atoms with van der Waals surface area (Å²) in [6.45, 7) is 4.97. The average molecular weight is 276 g/mol. The average Bonchev–Trinajstić information content (AvgIpc) is 1.96. The van der Waals surface area contributed by atoms with Crippen molar-refractivity contribution in [1.29, 1.82) is 0 Å². The Hall–Kier alpha value is -0.0900. The highest BCUT2D eigenvalue weighted by molar-refractivity contribution is 14.1. The van der Waals surface area contributed by atoms with Crippen molar-refractivity contribution < 1.29 is 4.74 Å². The molecule has 0 spiro atoms. The van der Waals surface area contributed by atoms with Gasteiger partial charge in [0.25, 0.3) is 0 Å². The van der Waals surface area contributed by atoms with E-state index in [-0.39, 0.29) is 0 Å². The molecule has 66 valence electrons. The fraction of sp³-hybridized carbons (Fsp3) is 0.400. The summed E-state index contributed by atoms with van der Waals surface area (Å²) in [4.78, 5) is 0. The minimum absolute atomic E-state index is 0.717. The summed E-state index contributed by atoms with van der Waals surface area (Å²) < 4.78 is 6.42. The Morgan fingerprint density at radius 1 is 1.25 bits per heavy atom. The Bertz CT molecular complexity index is 258. The van der Waals surface area contributed by atoms with Crippen LogP contribution in [0.25, 0.3) is 0 Å². The molecule has 0 N–H and O–H groups in total. The quantitative estimate of drug-likeness (QED) is 0.754. The topological polar surface area (TPSA) is 9.23 Å². The molecule has 2 heteroatoms. The van der Waals surface area contributed by atoms with Crippen molar-refractivity contribution >= 4 is 22.6 Å². The number of hydrogen-bond donors (Lipinski definition) is 0. The Kier molecular flexibility index (Phi) is 3.53. The number of aryl methyl sites for hydroxylation is 2. The summed E-state index contributed by atoms with van der Waals surface area (Å²) in [6.07, 6.45) is 0. The maximum atomic E-state index is 5.13. The molecular weight excluding hydrogens is 263 g/mol. The molecule has 1 aromatic carbocycles. The minimum Gasteiger partial charge on any atom is -0.380 e. The first-order valence-electron chi connectivity index (χ1n) is 3.89. The van der Waals surface area contributed by atoms with Crippen LogP contribution in [0.5, 0.6) is 0 Å². The maximum Gasteiger partial charge on any atom is 0.0718 e. The Morgan fingerprint density at radius 3 is 2.17 bits per heavy atom. The van der Waals surface area contributed by atoms with E-state index in [9.17, 15) is 0 Å². The number of hydrogen-bond acceptors (Lipinski definition) is 1. The number of benzene rings is 1. The van der Waals surface area contributed by atoms with Crippen molar-refractivity contribution in [2.45, 2.75) is 20.5 Å². The van der Waals surface area contributed by atoms with E-state index in [0.717, 1.165) is 0 Å². The van der Waals surface area contributed by atoms with Gasteiger partial charge in [-0.05, 0) is 65.3 Å². The third-order valence-corrected chi connectivity index (χ3v) is 2.57. The SMILES string of the molecule is COCc1c(C)cc(I)cc1C. The second-order valence-electron chi connectivity index (χ2n) is 2.95. The van der Waals surface area contributed by atoms with Gasteiger partial charge in [-0.2, -0.15) is 0 Å². The molecule has 0 aromatic heterocycles. The molecule has 0 bridgehead atoms. The van der Waals surface area contributed by atoms with E-state index in [1.54, 1.807) is 7.11 Å². The second kappa shape index (κ2) is 4.23. The van der Waals surface area contributed by atoms with Gasteiger partial charge in [-0.15, -0.1) is 0 Å². The number of methoxy groups -OCH3 is 1. The van der Waals surface area contributed by atoms with Crippen LogP contribution in [0.4, 0.5) is 0 Å². The van der Waals surface area contributed by atoms with Crippen LogP contribution in [0.2, 0.25) is 0 Å². The summed E-state index contributed by atoms with van der Waals surface area (Å²) in [7, 11) is 1.73. The van der Waals surface area contributed by atoms with Crippen LogP contribution >= 0.6 is 22.6 Å². The first-order valence-corrected chi connectivity index (χ1v) is 4.97. The monoisotopic (exact) mass is 276 g/mol. The van der Waals surface area contributed by atoms with Crippen LogP contribution < -0.4 is 0 Å². The molecule has 0 aliphatic rings. The normalized spacial score (nSPS) is 10.3. The van der Waals surface area contributed by atoms with Gasteiger partial charge in [-0.3, -0.25) is 0 Å². The Balaban J connectivity index is 3.10. The summed E-state index contributed by atoms with van der Waals surface area (Å²) in [5.74, 6) is 0. The van der Waals surface area contributed by atoms with Crippen molar-refractivity contribution in [3.8, 4) is 0 Å². The summed E-state index contributed by atoms with van der Waals surface area (Å²) in [6, 6.07) is 4.36. The smallest absolute Gasteiger partial charge is 0.0718 e. The van der Waals surface area contributed by atoms with E-state index in [0.29, 0.717) is 6.61 Å². The zero-order valence-corrected chi connectivity index (χ0v) is 9.81. The van der Waals surface area contributed by atoms with Crippen LogP contribution in [0.3, 0.4) is 0 Å². The lowest BCUT2D eigenvalue weighted by atomic mass is 10.0. The van der Waals surface area contributed by atoms with Gasteiger partial charge >= 0.3 is 0 Å². The van der Waals surface area contributed by atoms with Gasteiger partial charge < -0.3 is 4.74 Å². The van der Waals surface area contributed by atoms with Crippen molar-refractivity contribution in [2.75, 3.05) is 7.11 Å². The first-order chi connectivity index (χ1) is 5.65. The molecule has 0 saturated carbocycles. The van der Waals surface area contributed by atoms with E-state index < -0.39 is 0 Å². The molecule has 0 aliphatic heterocycles. The summed E-state index contributed by atoms with van der Waals surface area (Å²) in [5.41, 5.74) is 3.96. The van der Waals surface area contributed by atoms with Crippen LogP contribution in [-0.4, -0.2) is 7.11 Å². The van der Waals surface area contributed by atoms with Gasteiger partial charge in [0.15, 0.2) is 0 Å². The predicted octanol–water partition coefficient (Wildman–Crippen LogP) is 3.05. The fourth-order valence-corrected chi connectivity index (χ4v) is 2.25. The van der Waals surface area contributed by atoms with Gasteiger partial charge in [0.2, 0.25) is 0 Å². The number of ether oxygens (including phenoxy) is 1. The van der Waals surface area contributed by atoms with Crippen LogP contribution in [0.1, 0.15) is 16.7 Å². The molecule has 1 aromatic rings. The Labute approximate surface area is 87.3 Å².